The molecule has 16 heavy (non-hydrogen) atoms. The Morgan fingerprint density at radius 1 is 1.25 bits per heavy atom. The molecule has 0 aromatic rings. The number of unbranched alkanes of at least 4 members (excludes halogenated alkanes) is 2. The van der Waals surface area contributed by atoms with Gasteiger partial charge in [-0.05, 0) is 19.3 Å². The highest BCUT2D eigenvalue weighted by molar-refractivity contribution is 14.0. The molecule has 0 aromatic carbocycles. The van der Waals surface area contributed by atoms with E-state index in [4.69, 9.17) is 5.73 Å². The number of hydrogen-bond donors (Lipinski definition) is 2. The molecule has 1 rings (SSSR count). The fraction of sp³-hybridized carbons (Fsp3) is 0.917. The molecule has 4 heteroatoms. The van der Waals surface area contributed by atoms with Gasteiger partial charge in [0.2, 0.25) is 0 Å². The molecule has 96 valence electrons. The lowest BCUT2D eigenvalue weighted by molar-refractivity contribution is 0.412. The highest BCUT2D eigenvalue weighted by Crippen LogP contribution is 2.16. The maximum absolute atomic E-state index is 5.83. The standard InChI is InChI=1S/C12H25N3.HI/c1-2-3-7-10-14-12(13)15-11-8-5-4-6-9-11;/h11H,2-10H2,1H3,(H3,13,14,15);1H. The van der Waals surface area contributed by atoms with Crippen LogP contribution in [0.2, 0.25) is 0 Å². The zero-order valence-corrected chi connectivity index (χ0v) is 12.7. The van der Waals surface area contributed by atoms with E-state index in [0.717, 1.165) is 13.0 Å². The molecule has 0 spiro atoms. The van der Waals surface area contributed by atoms with Crippen LogP contribution in [0, 0.1) is 0 Å². The van der Waals surface area contributed by atoms with Crippen molar-refractivity contribution in [1.82, 2.24) is 5.32 Å². The van der Waals surface area contributed by atoms with Crippen molar-refractivity contribution in [3.63, 3.8) is 0 Å². The van der Waals surface area contributed by atoms with Gasteiger partial charge in [-0.15, -0.1) is 24.0 Å². The number of rotatable bonds is 5. The summed E-state index contributed by atoms with van der Waals surface area (Å²) in [5.74, 6) is 0.651. The van der Waals surface area contributed by atoms with Gasteiger partial charge in [0.25, 0.3) is 0 Å². The Morgan fingerprint density at radius 2 is 1.94 bits per heavy atom. The Balaban J connectivity index is 0.00000225. The summed E-state index contributed by atoms with van der Waals surface area (Å²) >= 11 is 0. The summed E-state index contributed by atoms with van der Waals surface area (Å²) in [7, 11) is 0. The molecule has 1 fully saturated rings. The van der Waals surface area contributed by atoms with E-state index >= 15 is 0 Å². The van der Waals surface area contributed by atoms with Gasteiger partial charge in [0.05, 0.1) is 0 Å². The second kappa shape index (κ2) is 10.2. The van der Waals surface area contributed by atoms with Gasteiger partial charge in [-0.25, -0.2) is 0 Å². The van der Waals surface area contributed by atoms with E-state index in [1.165, 1.54) is 44.9 Å². The molecule has 0 aliphatic heterocycles. The van der Waals surface area contributed by atoms with E-state index < -0.39 is 0 Å². The summed E-state index contributed by atoms with van der Waals surface area (Å²) in [4.78, 5) is 4.34. The van der Waals surface area contributed by atoms with Crippen LogP contribution in [-0.2, 0) is 0 Å². The van der Waals surface area contributed by atoms with Gasteiger partial charge in [0.15, 0.2) is 5.96 Å². The van der Waals surface area contributed by atoms with Crippen molar-refractivity contribution in [2.45, 2.75) is 64.3 Å². The van der Waals surface area contributed by atoms with Crippen molar-refractivity contribution in [3.05, 3.63) is 0 Å². The Hall–Kier alpha value is 0. The molecule has 0 aromatic heterocycles. The normalized spacial score (nSPS) is 17.9. The molecule has 0 saturated heterocycles. The lowest BCUT2D eigenvalue weighted by Crippen LogP contribution is -2.41. The SMILES string of the molecule is CCCCCN=C(N)NC1CCCCC1.I. The van der Waals surface area contributed by atoms with Gasteiger partial charge in [0, 0.05) is 12.6 Å². The van der Waals surface area contributed by atoms with E-state index in [9.17, 15) is 0 Å². The zero-order valence-electron chi connectivity index (χ0n) is 10.4. The smallest absolute Gasteiger partial charge is 0.188 e. The Labute approximate surface area is 117 Å². The number of nitrogens with one attached hydrogen (secondary N) is 1. The first kappa shape index (κ1) is 16.0. The van der Waals surface area contributed by atoms with Crippen molar-refractivity contribution < 1.29 is 0 Å². The van der Waals surface area contributed by atoms with Crippen LogP contribution in [-0.4, -0.2) is 18.5 Å². The predicted octanol–water partition coefficient (Wildman–Crippen LogP) is 3.03. The number of guanidine groups is 1. The first-order valence-corrected chi connectivity index (χ1v) is 6.39. The Bertz CT molecular complexity index is 189. The van der Waals surface area contributed by atoms with Crippen LogP contribution < -0.4 is 11.1 Å². The summed E-state index contributed by atoms with van der Waals surface area (Å²) in [6.07, 6.45) is 10.2. The molecular formula is C12H26IN3. The highest BCUT2D eigenvalue weighted by Gasteiger charge is 2.12. The first-order valence-electron chi connectivity index (χ1n) is 6.39. The third-order valence-electron chi connectivity index (χ3n) is 3.00. The van der Waals surface area contributed by atoms with Gasteiger partial charge >= 0.3 is 0 Å². The summed E-state index contributed by atoms with van der Waals surface area (Å²) in [5, 5.41) is 3.32. The van der Waals surface area contributed by atoms with Crippen LogP contribution in [0.5, 0.6) is 0 Å². The highest BCUT2D eigenvalue weighted by atomic mass is 127. The average molecular weight is 339 g/mol. The minimum atomic E-state index is 0. The minimum Gasteiger partial charge on any atom is -0.370 e. The molecule has 1 aliphatic carbocycles. The van der Waals surface area contributed by atoms with Crippen molar-refractivity contribution >= 4 is 29.9 Å². The van der Waals surface area contributed by atoms with Crippen molar-refractivity contribution in [3.8, 4) is 0 Å². The van der Waals surface area contributed by atoms with E-state index in [0.29, 0.717) is 12.0 Å². The van der Waals surface area contributed by atoms with Crippen LogP contribution in [0.4, 0.5) is 0 Å². The maximum atomic E-state index is 5.83. The fourth-order valence-electron chi connectivity index (χ4n) is 2.06. The van der Waals surface area contributed by atoms with Gasteiger partial charge < -0.3 is 11.1 Å². The first-order chi connectivity index (χ1) is 7.33. The number of aliphatic imine (C=N–C) groups is 1. The van der Waals surface area contributed by atoms with Crippen LogP contribution in [0.15, 0.2) is 4.99 Å². The average Bonchev–Trinajstić information content (AvgIpc) is 2.26. The number of nitrogens with zero attached hydrogens (tertiary/aromatic N) is 1. The third-order valence-corrected chi connectivity index (χ3v) is 3.00. The molecule has 0 heterocycles. The van der Waals surface area contributed by atoms with E-state index in [2.05, 4.69) is 17.2 Å². The van der Waals surface area contributed by atoms with Crippen molar-refractivity contribution in [1.29, 1.82) is 0 Å². The third kappa shape index (κ3) is 7.30. The zero-order chi connectivity index (χ0) is 10.9. The van der Waals surface area contributed by atoms with E-state index in [1.807, 2.05) is 0 Å². The van der Waals surface area contributed by atoms with Crippen LogP contribution in [0.1, 0.15) is 58.3 Å². The summed E-state index contributed by atoms with van der Waals surface area (Å²) in [6, 6.07) is 0.577. The number of nitrogens with two attached hydrogens (primary N) is 1. The molecule has 0 atom stereocenters. The monoisotopic (exact) mass is 339 g/mol. The molecule has 0 bridgehead atoms. The molecule has 0 radical (unpaired) electrons. The topological polar surface area (TPSA) is 50.4 Å². The molecule has 3 N–H and O–H groups in total. The molecule has 1 saturated carbocycles. The van der Waals surface area contributed by atoms with Crippen LogP contribution >= 0.6 is 24.0 Å². The van der Waals surface area contributed by atoms with Crippen molar-refractivity contribution in [2.75, 3.05) is 6.54 Å². The second-order valence-electron chi connectivity index (χ2n) is 4.45. The van der Waals surface area contributed by atoms with Crippen molar-refractivity contribution in [2.24, 2.45) is 10.7 Å². The molecule has 3 nitrogen and oxygen atoms in total. The van der Waals surface area contributed by atoms with E-state index in [1.54, 1.807) is 0 Å². The Morgan fingerprint density at radius 3 is 2.56 bits per heavy atom. The van der Waals surface area contributed by atoms with Gasteiger partial charge in [0.1, 0.15) is 0 Å². The van der Waals surface area contributed by atoms with Crippen LogP contribution in [0.3, 0.4) is 0 Å². The fourth-order valence-corrected chi connectivity index (χ4v) is 2.06. The lowest BCUT2D eigenvalue weighted by Gasteiger charge is -2.23. The number of halogens is 1. The van der Waals surface area contributed by atoms with Gasteiger partial charge in [-0.2, -0.15) is 0 Å². The van der Waals surface area contributed by atoms with Gasteiger partial charge in [-0.1, -0.05) is 39.0 Å². The van der Waals surface area contributed by atoms with Crippen LogP contribution in [0.25, 0.3) is 0 Å². The number of hydrogen-bond acceptors (Lipinski definition) is 1. The maximum Gasteiger partial charge on any atom is 0.188 e. The Kier molecular flexibility index (Phi) is 10.2. The van der Waals surface area contributed by atoms with Gasteiger partial charge in [-0.3, -0.25) is 4.99 Å². The second-order valence-corrected chi connectivity index (χ2v) is 4.45. The largest absolute Gasteiger partial charge is 0.370 e. The minimum absolute atomic E-state index is 0. The summed E-state index contributed by atoms with van der Waals surface area (Å²) in [5.41, 5.74) is 5.83. The predicted molar refractivity (Wildman–Crippen MR) is 81.4 cm³/mol. The molecule has 0 unspecified atom stereocenters. The quantitative estimate of drug-likeness (QED) is 0.350. The molecule has 1 aliphatic rings. The van der Waals surface area contributed by atoms with E-state index in [-0.39, 0.29) is 24.0 Å². The summed E-state index contributed by atoms with van der Waals surface area (Å²) < 4.78 is 0. The molecular weight excluding hydrogens is 313 g/mol. The molecule has 0 amide bonds. The summed E-state index contributed by atoms with van der Waals surface area (Å²) in [6.45, 7) is 3.08. The lowest BCUT2D eigenvalue weighted by atomic mass is 9.96.